The van der Waals surface area contributed by atoms with Gasteiger partial charge in [-0.05, 0) is 35.9 Å². The molecule has 0 atom stereocenters. The van der Waals surface area contributed by atoms with E-state index < -0.39 is 0 Å². The molecule has 2 aromatic rings. The largest absolute Gasteiger partial charge is 0.465 e. The predicted octanol–water partition coefficient (Wildman–Crippen LogP) is 4.45. The van der Waals surface area contributed by atoms with E-state index in [0.717, 1.165) is 11.1 Å². The Morgan fingerprint density at radius 1 is 1.11 bits per heavy atom. The lowest BCUT2D eigenvalue weighted by Gasteiger charge is -2.07. The molecule has 2 rings (SSSR count). The van der Waals surface area contributed by atoms with E-state index in [-0.39, 0.29) is 5.97 Å². The molecule has 0 N–H and O–H groups in total. The molecule has 0 heterocycles. The first-order valence-corrected chi connectivity index (χ1v) is 6.01. The van der Waals surface area contributed by atoms with Crippen molar-refractivity contribution in [1.82, 2.24) is 0 Å². The first-order valence-electron chi connectivity index (χ1n) is 5.25. The summed E-state index contributed by atoms with van der Waals surface area (Å²) in [6.45, 7) is 0. The van der Waals surface area contributed by atoms with E-state index in [1.165, 1.54) is 7.11 Å². The number of benzene rings is 2. The average molecular weight is 281 g/mol. The quantitative estimate of drug-likeness (QED) is 0.760. The Balaban J connectivity index is 2.51. The molecule has 4 heteroatoms. The second kappa shape index (κ2) is 5.42. The van der Waals surface area contributed by atoms with Crippen LogP contribution in [0.3, 0.4) is 0 Å². The van der Waals surface area contributed by atoms with Crippen molar-refractivity contribution >= 4 is 29.2 Å². The van der Waals surface area contributed by atoms with E-state index in [9.17, 15) is 4.79 Å². The minimum Gasteiger partial charge on any atom is -0.465 e. The van der Waals surface area contributed by atoms with Gasteiger partial charge in [0.25, 0.3) is 0 Å². The van der Waals surface area contributed by atoms with Gasteiger partial charge < -0.3 is 4.74 Å². The van der Waals surface area contributed by atoms with Gasteiger partial charge in [-0.1, -0.05) is 35.3 Å². The molecule has 18 heavy (non-hydrogen) atoms. The van der Waals surface area contributed by atoms with Crippen LogP contribution in [0, 0.1) is 0 Å². The summed E-state index contributed by atoms with van der Waals surface area (Å²) in [5.41, 5.74) is 2.09. The number of ether oxygens (including phenoxy) is 1. The lowest BCUT2D eigenvalue weighted by Crippen LogP contribution is -2.00. The van der Waals surface area contributed by atoms with Crippen molar-refractivity contribution in [3.63, 3.8) is 0 Å². The highest BCUT2D eigenvalue weighted by Crippen LogP contribution is 2.31. The minimum absolute atomic E-state index is 0.380. The van der Waals surface area contributed by atoms with Crippen molar-refractivity contribution in [1.29, 1.82) is 0 Å². The molecule has 0 saturated carbocycles. The topological polar surface area (TPSA) is 26.3 Å². The van der Waals surface area contributed by atoms with Gasteiger partial charge >= 0.3 is 5.97 Å². The second-order valence-electron chi connectivity index (χ2n) is 3.70. The summed E-state index contributed by atoms with van der Waals surface area (Å²) in [6.07, 6.45) is 0. The highest BCUT2D eigenvalue weighted by Gasteiger charge is 2.09. The maximum atomic E-state index is 11.5. The van der Waals surface area contributed by atoms with E-state index in [1.54, 1.807) is 36.4 Å². The number of rotatable bonds is 2. The van der Waals surface area contributed by atoms with Crippen molar-refractivity contribution < 1.29 is 9.53 Å². The molecule has 0 unspecified atom stereocenters. The van der Waals surface area contributed by atoms with Crippen LogP contribution in [0.25, 0.3) is 11.1 Å². The van der Waals surface area contributed by atoms with Gasteiger partial charge in [-0.3, -0.25) is 0 Å². The highest BCUT2D eigenvalue weighted by atomic mass is 35.5. The zero-order chi connectivity index (χ0) is 13.1. The van der Waals surface area contributed by atoms with Crippen LogP contribution in [0.15, 0.2) is 42.5 Å². The van der Waals surface area contributed by atoms with E-state index in [1.807, 2.05) is 6.07 Å². The normalized spacial score (nSPS) is 10.2. The third-order valence-electron chi connectivity index (χ3n) is 2.52. The van der Waals surface area contributed by atoms with Crippen molar-refractivity contribution in [3.8, 4) is 11.1 Å². The Kier molecular flexibility index (Phi) is 3.90. The molecule has 0 aliphatic heterocycles. The van der Waals surface area contributed by atoms with Crippen LogP contribution < -0.4 is 0 Å². The molecular formula is C14H10Cl2O2. The number of esters is 1. The third-order valence-corrected chi connectivity index (χ3v) is 3.09. The molecule has 2 nitrogen and oxygen atoms in total. The summed E-state index contributed by atoms with van der Waals surface area (Å²) in [5.74, 6) is -0.380. The monoisotopic (exact) mass is 280 g/mol. The fourth-order valence-corrected chi connectivity index (χ4v) is 2.05. The van der Waals surface area contributed by atoms with Crippen LogP contribution in [-0.4, -0.2) is 13.1 Å². The third kappa shape index (κ3) is 2.66. The van der Waals surface area contributed by atoms with E-state index in [4.69, 9.17) is 23.2 Å². The van der Waals surface area contributed by atoms with Crippen molar-refractivity contribution in [2.45, 2.75) is 0 Å². The zero-order valence-electron chi connectivity index (χ0n) is 9.61. The van der Waals surface area contributed by atoms with Gasteiger partial charge in [-0.15, -0.1) is 0 Å². The van der Waals surface area contributed by atoms with Crippen molar-refractivity contribution in [3.05, 3.63) is 58.1 Å². The highest BCUT2D eigenvalue weighted by molar-refractivity contribution is 6.35. The first-order chi connectivity index (χ1) is 8.61. The fraction of sp³-hybridized carbons (Fsp3) is 0.0714. The van der Waals surface area contributed by atoms with Gasteiger partial charge in [0.1, 0.15) is 0 Å². The number of hydrogen-bond acceptors (Lipinski definition) is 2. The Morgan fingerprint density at radius 2 is 1.89 bits per heavy atom. The van der Waals surface area contributed by atoms with Crippen LogP contribution in [0.2, 0.25) is 10.0 Å². The smallest absolute Gasteiger partial charge is 0.337 e. The zero-order valence-corrected chi connectivity index (χ0v) is 11.1. The molecule has 0 aliphatic carbocycles. The summed E-state index contributed by atoms with van der Waals surface area (Å²) in [6, 6.07) is 12.3. The van der Waals surface area contributed by atoms with Gasteiger partial charge in [0, 0.05) is 15.6 Å². The molecule has 0 saturated heterocycles. The SMILES string of the molecule is COC(=O)c1cccc(-c2cc(Cl)ccc2Cl)c1. The Hall–Kier alpha value is -1.51. The predicted molar refractivity (Wildman–Crippen MR) is 73.2 cm³/mol. The molecule has 0 radical (unpaired) electrons. The molecule has 0 aromatic heterocycles. The van der Waals surface area contributed by atoms with E-state index in [0.29, 0.717) is 15.6 Å². The molecule has 0 amide bonds. The molecule has 0 bridgehead atoms. The van der Waals surface area contributed by atoms with Crippen LogP contribution in [0.4, 0.5) is 0 Å². The Bertz CT molecular complexity index is 594. The van der Waals surface area contributed by atoms with Crippen LogP contribution >= 0.6 is 23.2 Å². The van der Waals surface area contributed by atoms with Gasteiger partial charge in [0.15, 0.2) is 0 Å². The summed E-state index contributed by atoms with van der Waals surface area (Å²) in [7, 11) is 1.35. The maximum Gasteiger partial charge on any atom is 0.337 e. The summed E-state index contributed by atoms with van der Waals surface area (Å²) in [5, 5.41) is 1.18. The number of carbonyl (C=O) groups is 1. The van der Waals surface area contributed by atoms with Gasteiger partial charge in [-0.2, -0.15) is 0 Å². The van der Waals surface area contributed by atoms with Crippen molar-refractivity contribution in [2.75, 3.05) is 7.11 Å². The van der Waals surface area contributed by atoms with Gasteiger partial charge in [0.05, 0.1) is 12.7 Å². The second-order valence-corrected chi connectivity index (χ2v) is 4.54. The minimum atomic E-state index is -0.380. The van der Waals surface area contributed by atoms with Gasteiger partial charge in [0.2, 0.25) is 0 Å². The fourth-order valence-electron chi connectivity index (χ4n) is 1.65. The van der Waals surface area contributed by atoms with Crippen LogP contribution in [-0.2, 0) is 4.74 Å². The summed E-state index contributed by atoms with van der Waals surface area (Å²) in [4.78, 5) is 11.5. The van der Waals surface area contributed by atoms with E-state index >= 15 is 0 Å². The average Bonchev–Trinajstić information content (AvgIpc) is 2.40. The van der Waals surface area contributed by atoms with Crippen LogP contribution in [0.5, 0.6) is 0 Å². The van der Waals surface area contributed by atoms with Crippen LogP contribution in [0.1, 0.15) is 10.4 Å². The molecule has 0 aliphatic rings. The number of carbonyl (C=O) groups excluding carboxylic acids is 1. The molecule has 92 valence electrons. The summed E-state index contributed by atoms with van der Waals surface area (Å²) >= 11 is 12.1. The molecule has 0 spiro atoms. The lowest BCUT2D eigenvalue weighted by atomic mass is 10.0. The Morgan fingerprint density at radius 3 is 2.61 bits per heavy atom. The number of halogens is 2. The maximum absolute atomic E-state index is 11.5. The van der Waals surface area contributed by atoms with Crippen molar-refractivity contribution in [2.24, 2.45) is 0 Å². The van der Waals surface area contributed by atoms with Gasteiger partial charge in [-0.25, -0.2) is 4.79 Å². The number of methoxy groups -OCH3 is 1. The lowest BCUT2D eigenvalue weighted by molar-refractivity contribution is 0.0601. The summed E-state index contributed by atoms with van der Waals surface area (Å²) < 4.78 is 4.68. The Labute approximate surface area is 115 Å². The van der Waals surface area contributed by atoms with E-state index in [2.05, 4.69) is 4.74 Å². The number of hydrogen-bond donors (Lipinski definition) is 0. The molecular weight excluding hydrogens is 271 g/mol. The molecule has 2 aromatic carbocycles. The first kappa shape index (κ1) is 12.9. The molecule has 0 fully saturated rings. The standard InChI is InChI=1S/C14H10Cl2O2/c1-18-14(17)10-4-2-3-9(7-10)12-8-11(15)5-6-13(12)16/h2-8H,1H3.